The van der Waals surface area contributed by atoms with Crippen LogP contribution in [0.5, 0.6) is 5.75 Å². The molecule has 0 fully saturated rings. The molecule has 0 atom stereocenters. The Morgan fingerprint density at radius 3 is 2.71 bits per heavy atom. The summed E-state index contributed by atoms with van der Waals surface area (Å²) in [7, 11) is 0. The highest BCUT2D eigenvalue weighted by molar-refractivity contribution is 9.10. The summed E-state index contributed by atoms with van der Waals surface area (Å²) in [4.78, 5) is 16.7. The number of anilines is 1. The molecule has 0 aromatic heterocycles. The van der Waals surface area contributed by atoms with Crippen LogP contribution in [-0.2, 0) is 4.79 Å². The number of hydrogen-bond acceptors (Lipinski definition) is 3. The molecule has 3 rings (SSSR count). The lowest BCUT2D eigenvalue weighted by Crippen LogP contribution is -2.20. The highest BCUT2D eigenvalue weighted by Gasteiger charge is 2.08. The minimum Gasteiger partial charge on any atom is -0.483 e. The van der Waals surface area contributed by atoms with E-state index in [0.717, 1.165) is 27.0 Å². The average molecular weight is 458 g/mol. The number of carbonyl (C=O) groups is 1. The van der Waals surface area contributed by atoms with Gasteiger partial charge in [0.2, 0.25) is 0 Å². The Hall–Kier alpha value is -2.63. The molecule has 28 heavy (non-hydrogen) atoms. The minimum absolute atomic E-state index is 0.104. The Kier molecular flexibility index (Phi) is 6.85. The van der Waals surface area contributed by atoms with Crippen LogP contribution in [0.1, 0.15) is 11.1 Å². The van der Waals surface area contributed by atoms with Gasteiger partial charge in [-0.1, -0.05) is 51.8 Å². The zero-order valence-electron chi connectivity index (χ0n) is 15.2. The first-order valence-electron chi connectivity index (χ1n) is 8.59. The lowest BCUT2D eigenvalue weighted by molar-refractivity contribution is -0.118. The molecule has 6 heteroatoms. The molecule has 0 saturated heterocycles. The van der Waals surface area contributed by atoms with Crippen LogP contribution in [0.15, 0.2) is 76.2 Å². The molecule has 142 valence electrons. The molecule has 0 spiro atoms. The third kappa shape index (κ3) is 5.68. The first-order valence-corrected chi connectivity index (χ1v) is 9.76. The Balaban J connectivity index is 1.72. The Bertz CT molecular complexity index is 1010. The number of benzene rings is 3. The largest absolute Gasteiger partial charge is 0.483 e. The van der Waals surface area contributed by atoms with Gasteiger partial charge in [-0.25, -0.2) is 0 Å². The van der Waals surface area contributed by atoms with Gasteiger partial charge >= 0.3 is 0 Å². The highest BCUT2D eigenvalue weighted by atomic mass is 79.9. The molecule has 1 amide bonds. The van der Waals surface area contributed by atoms with Crippen molar-refractivity contribution in [1.82, 2.24) is 0 Å². The third-order valence-corrected chi connectivity index (χ3v) is 4.63. The topological polar surface area (TPSA) is 50.7 Å². The fourth-order valence-electron chi connectivity index (χ4n) is 2.47. The molecule has 4 nitrogen and oxygen atoms in total. The number of ether oxygens (including phenoxy) is 1. The van der Waals surface area contributed by atoms with Crippen molar-refractivity contribution in [3.63, 3.8) is 0 Å². The normalized spacial score (nSPS) is 10.8. The van der Waals surface area contributed by atoms with Gasteiger partial charge in [0.25, 0.3) is 5.91 Å². The van der Waals surface area contributed by atoms with Gasteiger partial charge in [-0.05, 0) is 55.0 Å². The van der Waals surface area contributed by atoms with Crippen LogP contribution < -0.4 is 10.1 Å². The summed E-state index contributed by atoms with van der Waals surface area (Å²) in [6.45, 7) is 1.86. The van der Waals surface area contributed by atoms with E-state index in [1.807, 2.05) is 61.5 Å². The van der Waals surface area contributed by atoms with Crippen LogP contribution in [0.3, 0.4) is 0 Å². The Labute approximate surface area is 177 Å². The molecule has 3 aromatic rings. The minimum atomic E-state index is -0.234. The van der Waals surface area contributed by atoms with E-state index in [1.165, 1.54) is 0 Å². The molecule has 0 aliphatic carbocycles. The van der Waals surface area contributed by atoms with Gasteiger partial charge in [0.15, 0.2) is 6.61 Å². The predicted octanol–water partition coefficient (Wildman–Crippen LogP) is 6.18. The van der Waals surface area contributed by atoms with Crippen molar-refractivity contribution in [2.75, 3.05) is 11.9 Å². The Morgan fingerprint density at radius 2 is 1.93 bits per heavy atom. The van der Waals surface area contributed by atoms with E-state index in [1.54, 1.807) is 18.3 Å². The highest BCUT2D eigenvalue weighted by Crippen LogP contribution is 2.26. The quantitative estimate of drug-likeness (QED) is 0.449. The molecular weight excluding hydrogens is 440 g/mol. The predicted molar refractivity (Wildman–Crippen MR) is 118 cm³/mol. The maximum Gasteiger partial charge on any atom is 0.262 e. The van der Waals surface area contributed by atoms with Crippen molar-refractivity contribution in [1.29, 1.82) is 0 Å². The fourth-order valence-corrected chi connectivity index (χ4v) is 3.02. The number of nitrogens with one attached hydrogen (secondary N) is 1. The molecule has 0 unspecified atom stereocenters. The van der Waals surface area contributed by atoms with Gasteiger partial charge in [-0.3, -0.25) is 9.79 Å². The molecule has 0 aliphatic heterocycles. The number of halogens is 2. The van der Waals surface area contributed by atoms with E-state index >= 15 is 0 Å². The lowest BCUT2D eigenvalue weighted by Gasteiger charge is -2.10. The van der Waals surface area contributed by atoms with Gasteiger partial charge < -0.3 is 10.1 Å². The summed E-state index contributed by atoms with van der Waals surface area (Å²) in [6, 6.07) is 20.3. The van der Waals surface area contributed by atoms with E-state index in [9.17, 15) is 4.79 Å². The molecule has 0 heterocycles. The summed E-state index contributed by atoms with van der Waals surface area (Å²) in [5, 5.41) is 3.42. The van der Waals surface area contributed by atoms with Crippen LogP contribution in [0.2, 0.25) is 5.02 Å². The maximum atomic E-state index is 12.1. The number of aryl methyl sites for hydroxylation is 1. The first-order chi connectivity index (χ1) is 13.5. The second kappa shape index (κ2) is 9.53. The van der Waals surface area contributed by atoms with E-state index in [0.29, 0.717) is 10.8 Å². The van der Waals surface area contributed by atoms with Crippen LogP contribution >= 0.6 is 27.5 Å². The molecule has 3 aromatic carbocycles. The number of hydrogen-bond donors (Lipinski definition) is 1. The van der Waals surface area contributed by atoms with Crippen LogP contribution in [0.4, 0.5) is 11.4 Å². The number of rotatable bonds is 6. The maximum absolute atomic E-state index is 12.1. The summed E-state index contributed by atoms with van der Waals surface area (Å²) < 4.78 is 6.61. The average Bonchev–Trinajstić information content (AvgIpc) is 2.68. The van der Waals surface area contributed by atoms with Gasteiger partial charge in [0, 0.05) is 27.0 Å². The molecule has 0 bridgehead atoms. The van der Waals surface area contributed by atoms with Crippen molar-refractivity contribution in [3.05, 3.63) is 87.4 Å². The van der Waals surface area contributed by atoms with Crippen LogP contribution in [0, 0.1) is 6.92 Å². The molecule has 0 saturated carbocycles. The number of nitrogens with zero attached hydrogens (tertiary/aromatic N) is 1. The molecular formula is C22H18BrClN2O2. The van der Waals surface area contributed by atoms with Gasteiger partial charge in [0.05, 0.1) is 5.69 Å². The first kappa shape index (κ1) is 20.1. The van der Waals surface area contributed by atoms with E-state index in [2.05, 4.69) is 26.2 Å². The van der Waals surface area contributed by atoms with E-state index in [4.69, 9.17) is 16.3 Å². The van der Waals surface area contributed by atoms with E-state index in [-0.39, 0.29) is 12.5 Å². The van der Waals surface area contributed by atoms with Gasteiger partial charge in [-0.15, -0.1) is 0 Å². The van der Waals surface area contributed by atoms with Crippen molar-refractivity contribution < 1.29 is 9.53 Å². The number of aliphatic imine (C=N–C) groups is 1. The molecule has 1 N–H and O–H groups in total. The summed E-state index contributed by atoms with van der Waals surface area (Å²) in [5.74, 6) is 0.331. The lowest BCUT2D eigenvalue weighted by atomic mass is 10.2. The van der Waals surface area contributed by atoms with Crippen molar-refractivity contribution in [2.24, 2.45) is 4.99 Å². The zero-order valence-corrected chi connectivity index (χ0v) is 17.5. The molecule has 0 radical (unpaired) electrons. The van der Waals surface area contributed by atoms with Crippen LogP contribution in [0.25, 0.3) is 0 Å². The van der Waals surface area contributed by atoms with Crippen molar-refractivity contribution >= 4 is 51.0 Å². The SMILES string of the molecule is Cc1ccc(Cl)cc1N=Cc1cc(Br)ccc1OCC(=O)Nc1ccccc1. The zero-order chi connectivity index (χ0) is 19.9. The third-order valence-electron chi connectivity index (χ3n) is 3.90. The second-order valence-electron chi connectivity index (χ2n) is 6.07. The monoisotopic (exact) mass is 456 g/mol. The van der Waals surface area contributed by atoms with Crippen molar-refractivity contribution in [3.8, 4) is 5.75 Å². The fraction of sp³-hybridized carbons (Fsp3) is 0.0909. The smallest absolute Gasteiger partial charge is 0.262 e. The Morgan fingerprint density at radius 1 is 1.14 bits per heavy atom. The number of carbonyl (C=O) groups excluding carboxylic acids is 1. The number of amides is 1. The molecule has 0 aliphatic rings. The van der Waals surface area contributed by atoms with Crippen LogP contribution in [-0.4, -0.2) is 18.7 Å². The summed E-state index contributed by atoms with van der Waals surface area (Å²) in [6.07, 6.45) is 1.70. The standard InChI is InChI=1S/C22H18BrClN2O2/c1-15-7-9-18(24)12-20(15)25-13-16-11-17(23)8-10-21(16)28-14-22(27)26-19-5-3-2-4-6-19/h2-13H,14H2,1H3,(H,26,27). The summed E-state index contributed by atoms with van der Waals surface area (Å²) in [5.41, 5.74) is 3.27. The number of para-hydroxylation sites is 1. The van der Waals surface area contributed by atoms with Gasteiger partial charge in [-0.2, -0.15) is 0 Å². The van der Waals surface area contributed by atoms with E-state index < -0.39 is 0 Å². The van der Waals surface area contributed by atoms with Crippen molar-refractivity contribution in [2.45, 2.75) is 6.92 Å². The second-order valence-corrected chi connectivity index (χ2v) is 7.43. The summed E-state index contributed by atoms with van der Waals surface area (Å²) >= 11 is 9.51. The van der Waals surface area contributed by atoms with Gasteiger partial charge in [0.1, 0.15) is 5.75 Å².